The van der Waals surface area contributed by atoms with Gasteiger partial charge in [-0.1, -0.05) is 41.9 Å². The van der Waals surface area contributed by atoms with E-state index < -0.39 is 18.5 Å². The number of nitrogens with one attached hydrogen (secondary N) is 1. The highest BCUT2D eigenvalue weighted by Gasteiger charge is 2.33. The molecular formula is C36H37ClFN5O5. The van der Waals surface area contributed by atoms with Gasteiger partial charge in [-0.05, 0) is 86.1 Å². The van der Waals surface area contributed by atoms with E-state index in [-0.39, 0.29) is 46.9 Å². The largest absolute Gasteiger partial charge is 0.482 e. The molecule has 2 atom stereocenters. The van der Waals surface area contributed by atoms with Crippen molar-refractivity contribution < 1.29 is 28.2 Å². The second-order valence-corrected chi connectivity index (χ2v) is 11.9. The number of carbonyl (C=O) groups is 3. The predicted molar refractivity (Wildman–Crippen MR) is 183 cm³/mol. The highest BCUT2D eigenvalue weighted by Crippen LogP contribution is 2.33. The van der Waals surface area contributed by atoms with E-state index in [0.29, 0.717) is 36.8 Å². The van der Waals surface area contributed by atoms with E-state index in [1.54, 1.807) is 41.3 Å². The number of piperazine rings is 1. The molecule has 1 fully saturated rings. The smallest absolute Gasteiger partial charge is 0.333 e. The van der Waals surface area contributed by atoms with Gasteiger partial charge in [0.2, 0.25) is 5.91 Å². The summed E-state index contributed by atoms with van der Waals surface area (Å²) in [6.45, 7) is 4.91. The van der Waals surface area contributed by atoms with Crippen LogP contribution in [0.25, 0.3) is 0 Å². The fraction of sp³-hybridized carbons (Fsp3) is 0.250. The Morgan fingerprint density at radius 2 is 1.60 bits per heavy atom. The van der Waals surface area contributed by atoms with Crippen LogP contribution in [-0.4, -0.2) is 66.0 Å². The Bertz CT molecular complexity index is 1730. The first-order valence-corrected chi connectivity index (χ1v) is 15.9. The minimum atomic E-state index is -0.791. The molecule has 0 aliphatic carbocycles. The fourth-order valence-corrected chi connectivity index (χ4v) is 5.62. The minimum Gasteiger partial charge on any atom is -0.482 e. The molecule has 1 saturated heterocycles. The van der Waals surface area contributed by atoms with E-state index in [2.05, 4.69) is 10.2 Å². The number of nitrogens with zero attached hydrogens (tertiary/aromatic N) is 3. The summed E-state index contributed by atoms with van der Waals surface area (Å²) in [4.78, 5) is 44.8. The number of benzene rings is 4. The van der Waals surface area contributed by atoms with Crippen LogP contribution in [0.2, 0.25) is 5.02 Å². The number of amides is 4. The van der Waals surface area contributed by atoms with E-state index in [9.17, 15) is 18.8 Å². The molecule has 1 aliphatic heterocycles. The van der Waals surface area contributed by atoms with E-state index in [4.69, 9.17) is 26.8 Å². The average molecular weight is 674 g/mol. The number of halogens is 2. The maximum atomic E-state index is 13.5. The number of ether oxygens (including phenoxy) is 2. The first-order chi connectivity index (χ1) is 23.1. The van der Waals surface area contributed by atoms with Crippen molar-refractivity contribution in [1.29, 1.82) is 0 Å². The molecule has 48 heavy (non-hydrogen) atoms. The average Bonchev–Trinajstić information content (AvgIpc) is 3.08. The van der Waals surface area contributed by atoms with Crippen molar-refractivity contribution in [3.63, 3.8) is 0 Å². The molecule has 1 heterocycles. The van der Waals surface area contributed by atoms with Gasteiger partial charge in [0.15, 0.2) is 6.61 Å². The molecule has 0 aromatic heterocycles. The molecule has 1 aliphatic rings. The lowest BCUT2D eigenvalue weighted by Crippen LogP contribution is -2.58. The van der Waals surface area contributed by atoms with Gasteiger partial charge in [0.1, 0.15) is 23.1 Å². The summed E-state index contributed by atoms with van der Waals surface area (Å²) in [5.74, 6) is 0.0733. The van der Waals surface area contributed by atoms with Gasteiger partial charge in [0.25, 0.3) is 5.91 Å². The van der Waals surface area contributed by atoms with Crippen molar-refractivity contribution in [2.24, 2.45) is 5.73 Å². The summed E-state index contributed by atoms with van der Waals surface area (Å²) in [6, 6.07) is 25.9. The summed E-state index contributed by atoms with van der Waals surface area (Å²) < 4.78 is 25.1. The number of imide groups is 1. The third-order valence-corrected chi connectivity index (χ3v) is 8.19. The molecule has 4 aromatic carbocycles. The molecule has 0 bridgehead atoms. The highest BCUT2D eigenvalue weighted by molar-refractivity contribution is 6.31. The van der Waals surface area contributed by atoms with Crippen LogP contribution in [0, 0.1) is 5.82 Å². The predicted octanol–water partition coefficient (Wildman–Crippen LogP) is 6.30. The first kappa shape index (κ1) is 34.4. The van der Waals surface area contributed by atoms with Gasteiger partial charge in [-0.2, -0.15) is 0 Å². The molecule has 12 heteroatoms. The molecule has 0 spiro atoms. The van der Waals surface area contributed by atoms with Crippen molar-refractivity contribution in [2.75, 3.05) is 36.5 Å². The normalized spacial score (nSPS) is 16.2. The highest BCUT2D eigenvalue weighted by atomic mass is 35.5. The number of anilines is 2. The van der Waals surface area contributed by atoms with E-state index >= 15 is 0 Å². The van der Waals surface area contributed by atoms with Crippen molar-refractivity contribution in [2.45, 2.75) is 32.5 Å². The van der Waals surface area contributed by atoms with Gasteiger partial charge in [-0.25, -0.2) is 14.1 Å². The maximum absolute atomic E-state index is 13.5. The number of nitrogens with two attached hydrogens (primary N) is 1. The second-order valence-electron chi connectivity index (χ2n) is 11.5. The third-order valence-electron chi connectivity index (χ3n) is 7.96. The summed E-state index contributed by atoms with van der Waals surface area (Å²) in [7, 11) is 0. The zero-order valence-corrected chi connectivity index (χ0v) is 27.4. The summed E-state index contributed by atoms with van der Waals surface area (Å²) in [6.07, 6.45) is 0. The molecule has 3 N–H and O–H groups in total. The summed E-state index contributed by atoms with van der Waals surface area (Å²) in [5.41, 5.74) is 7.12. The Balaban J connectivity index is 1.25. The monoisotopic (exact) mass is 673 g/mol. The van der Waals surface area contributed by atoms with Gasteiger partial charge in [0, 0.05) is 42.4 Å². The first-order valence-electron chi connectivity index (χ1n) is 15.5. The van der Waals surface area contributed by atoms with Gasteiger partial charge in [0.05, 0.1) is 12.2 Å². The van der Waals surface area contributed by atoms with Crippen LogP contribution < -0.4 is 25.4 Å². The van der Waals surface area contributed by atoms with Crippen LogP contribution in [0.3, 0.4) is 0 Å². The Morgan fingerprint density at radius 1 is 0.917 bits per heavy atom. The second kappa shape index (κ2) is 15.7. The molecule has 10 nitrogen and oxygen atoms in total. The maximum Gasteiger partial charge on any atom is 0.333 e. The van der Waals surface area contributed by atoms with Crippen molar-refractivity contribution in [3.05, 3.63) is 113 Å². The number of urea groups is 1. The van der Waals surface area contributed by atoms with Crippen molar-refractivity contribution >= 4 is 40.8 Å². The van der Waals surface area contributed by atoms with Crippen LogP contribution in [0.1, 0.15) is 19.4 Å². The molecular weight excluding hydrogens is 637 g/mol. The van der Waals surface area contributed by atoms with Crippen LogP contribution in [-0.2, 0) is 16.1 Å². The number of hydrogen-bond donors (Lipinski definition) is 2. The standard InChI is InChI=1S/C36H37ClFN5O5/c1-24-21-42(25(2)20-41(24)22-26-8-11-28(38)12-9-26)35(45)23-47-33-17-10-27(37)18-32(33)43(34(44)19-39)36(46)40-29-13-15-31(16-14-29)48-30-6-4-3-5-7-30/h3-18,24-25H,19-23,39H2,1-2H3,(H,40,46)/t24-,25+/m1/s1. The van der Waals surface area contributed by atoms with Crippen molar-refractivity contribution in [3.8, 4) is 17.2 Å². The summed E-state index contributed by atoms with van der Waals surface area (Å²) in [5, 5.41) is 2.95. The van der Waals surface area contributed by atoms with E-state index in [1.165, 1.54) is 30.3 Å². The van der Waals surface area contributed by atoms with Gasteiger partial charge >= 0.3 is 6.03 Å². The molecule has 0 saturated carbocycles. The molecule has 4 amide bonds. The molecule has 250 valence electrons. The number of rotatable bonds is 10. The molecule has 0 unspecified atom stereocenters. The minimum absolute atomic E-state index is 0.0396. The van der Waals surface area contributed by atoms with E-state index in [0.717, 1.165) is 10.5 Å². The lowest BCUT2D eigenvalue weighted by Gasteiger charge is -2.44. The van der Waals surface area contributed by atoms with Crippen LogP contribution >= 0.6 is 11.6 Å². The lowest BCUT2D eigenvalue weighted by atomic mass is 10.1. The third kappa shape index (κ3) is 8.68. The number of carbonyl (C=O) groups excluding carboxylic acids is 3. The van der Waals surface area contributed by atoms with E-state index in [1.807, 2.05) is 44.2 Å². The van der Waals surface area contributed by atoms with Gasteiger partial charge < -0.3 is 25.4 Å². The number of hydrogen-bond acceptors (Lipinski definition) is 7. The lowest BCUT2D eigenvalue weighted by molar-refractivity contribution is -0.139. The van der Waals surface area contributed by atoms with Gasteiger partial charge in [-0.3, -0.25) is 14.5 Å². The van der Waals surface area contributed by atoms with Crippen LogP contribution in [0.4, 0.5) is 20.6 Å². The van der Waals surface area contributed by atoms with Crippen LogP contribution in [0.5, 0.6) is 17.2 Å². The topological polar surface area (TPSA) is 117 Å². The molecule has 4 aromatic rings. The van der Waals surface area contributed by atoms with Crippen molar-refractivity contribution in [1.82, 2.24) is 9.80 Å². The van der Waals surface area contributed by atoms with Crippen LogP contribution in [0.15, 0.2) is 97.1 Å². The Labute approximate surface area is 283 Å². The zero-order valence-electron chi connectivity index (χ0n) is 26.6. The SMILES string of the molecule is C[C@@H]1CN(C(=O)COc2ccc(Cl)cc2N(C(=O)CN)C(=O)Nc2ccc(Oc3ccccc3)cc2)[C@@H](C)CN1Cc1ccc(F)cc1. The van der Waals surface area contributed by atoms with Gasteiger partial charge in [-0.15, -0.1) is 0 Å². The molecule has 5 rings (SSSR count). The number of para-hydroxylation sites is 1. The Kier molecular flexibility index (Phi) is 11.3. The fourth-order valence-electron chi connectivity index (χ4n) is 5.46. The Morgan fingerprint density at radius 3 is 2.29 bits per heavy atom. The zero-order chi connectivity index (χ0) is 34.2. The quantitative estimate of drug-likeness (QED) is 0.203. The summed E-state index contributed by atoms with van der Waals surface area (Å²) >= 11 is 6.29. The molecule has 0 radical (unpaired) electrons. The Hall–Kier alpha value is -4.97.